The van der Waals surface area contributed by atoms with Crippen LogP contribution in [-0.2, 0) is 28.6 Å². The summed E-state index contributed by atoms with van der Waals surface area (Å²) in [5.41, 5.74) is 0. The average molecular weight is 873 g/mol. The number of ether oxygens (including phenoxy) is 3. The maximum Gasteiger partial charge on any atom is 0.306 e. The van der Waals surface area contributed by atoms with Crippen molar-refractivity contribution in [2.75, 3.05) is 13.2 Å². The van der Waals surface area contributed by atoms with E-state index >= 15 is 0 Å². The molecule has 0 amide bonds. The number of esters is 3. The van der Waals surface area contributed by atoms with E-state index in [-0.39, 0.29) is 31.6 Å². The molecule has 0 saturated heterocycles. The van der Waals surface area contributed by atoms with E-state index in [2.05, 4.69) is 118 Å². The summed E-state index contributed by atoms with van der Waals surface area (Å²) in [6, 6.07) is 0. The van der Waals surface area contributed by atoms with Gasteiger partial charge in [-0.25, -0.2) is 0 Å². The van der Waals surface area contributed by atoms with Gasteiger partial charge in [-0.2, -0.15) is 0 Å². The second-order valence-corrected chi connectivity index (χ2v) is 16.3. The van der Waals surface area contributed by atoms with Gasteiger partial charge in [0.25, 0.3) is 0 Å². The fourth-order valence-electron chi connectivity index (χ4n) is 6.54. The van der Waals surface area contributed by atoms with E-state index in [1.807, 2.05) is 12.2 Å². The van der Waals surface area contributed by atoms with Crippen LogP contribution in [0.25, 0.3) is 0 Å². The minimum absolute atomic E-state index is 0.113. The molecule has 0 bridgehead atoms. The number of allylic oxidation sites excluding steroid dienone is 18. The molecule has 0 saturated carbocycles. The minimum atomic E-state index is -0.823. The van der Waals surface area contributed by atoms with Gasteiger partial charge in [-0.05, 0) is 89.9 Å². The molecule has 0 aromatic carbocycles. The van der Waals surface area contributed by atoms with Gasteiger partial charge >= 0.3 is 17.9 Å². The zero-order valence-corrected chi connectivity index (χ0v) is 40.5. The zero-order chi connectivity index (χ0) is 45.8. The highest BCUT2D eigenvalue weighted by atomic mass is 16.6. The Morgan fingerprint density at radius 3 is 1.03 bits per heavy atom. The molecule has 6 nitrogen and oxygen atoms in total. The van der Waals surface area contributed by atoms with E-state index in [0.717, 1.165) is 109 Å². The first-order valence-corrected chi connectivity index (χ1v) is 25.4. The van der Waals surface area contributed by atoms with Crippen LogP contribution < -0.4 is 0 Å². The van der Waals surface area contributed by atoms with Crippen molar-refractivity contribution in [3.8, 4) is 0 Å². The van der Waals surface area contributed by atoms with E-state index in [1.54, 1.807) is 0 Å². The van der Waals surface area contributed by atoms with Gasteiger partial charge in [0, 0.05) is 19.3 Å². The summed E-state index contributed by atoms with van der Waals surface area (Å²) in [6.07, 6.45) is 68.0. The average Bonchev–Trinajstić information content (AvgIpc) is 3.28. The van der Waals surface area contributed by atoms with Crippen LogP contribution in [0.2, 0.25) is 0 Å². The Hall–Kier alpha value is -3.93. The van der Waals surface area contributed by atoms with E-state index in [0.29, 0.717) is 19.3 Å². The van der Waals surface area contributed by atoms with Gasteiger partial charge < -0.3 is 14.2 Å². The quantitative estimate of drug-likeness (QED) is 0.0263. The monoisotopic (exact) mass is 873 g/mol. The highest BCUT2D eigenvalue weighted by Gasteiger charge is 2.19. The van der Waals surface area contributed by atoms with Crippen LogP contribution in [0.1, 0.15) is 213 Å². The van der Waals surface area contributed by atoms with Gasteiger partial charge in [-0.1, -0.05) is 214 Å². The predicted octanol–water partition coefficient (Wildman–Crippen LogP) is 16.8. The minimum Gasteiger partial charge on any atom is -0.462 e. The van der Waals surface area contributed by atoms with Crippen molar-refractivity contribution in [1.29, 1.82) is 0 Å². The standard InChI is InChI=1S/C57H92O6/c1-4-7-10-13-16-19-22-24-26-28-29-30-32-33-35-38-41-44-47-50-56(59)62-53-54(52-61-55(58)49-46-43-40-37-21-18-15-12-9-6-3)63-57(60)51-48-45-42-39-36-34-31-27-25-23-20-17-14-11-8-5-2/h7-8,10-11,16-17,19-20,24-27,29-30,34,36,42,45,54H,4-6,9,12-15,18,21-23,28,31-33,35,37-41,43-44,46-53H2,1-3H3/b10-7-,11-8-,19-16-,20-17-,26-24-,27-25-,30-29-,36-34-,45-42-. The molecule has 0 radical (unpaired) electrons. The maximum absolute atomic E-state index is 12.7. The number of unbranched alkanes of at least 4 members (excludes halogenated alkanes) is 15. The first kappa shape index (κ1) is 59.1. The van der Waals surface area contributed by atoms with E-state index < -0.39 is 12.1 Å². The summed E-state index contributed by atoms with van der Waals surface area (Å²) in [7, 11) is 0. The first-order chi connectivity index (χ1) is 31.0. The first-order valence-electron chi connectivity index (χ1n) is 25.4. The summed E-state index contributed by atoms with van der Waals surface area (Å²) in [5, 5.41) is 0. The highest BCUT2D eigenvalue weighted by molar-refractivity contribution is 5.71. The summed E-state index contributed by atoms with van der Waals surface area (Å²) < 4.78 is 16.7. The van der Waals surface area contributed by atoms with E-state index in [4.69, 9.17) is 14.2 Å². The second kappa shape index (κ2) is 50.7. The smallest absolute Gasteiger partial charge is 0.306 e. The van der Waals surface area contributed by atoms with Gasteiger partial charge in [0.05, 0.1) is 0 Å². The largest absolute Gasteiger partial charge is 0.462 e. The van der Waals surface area contributed by atoms with Crippen LogP contribution in [0.3, 0.4) is 0 Å². The Morgan fingerprint density at radius 2 is 0.651 bits per heavy atom. The Morgan fingerprint density at radius 1 is 0.333 bits per heavy atom. The van der Waals surface area contributed by atoms with E-state index in [1.165, 1.54) is 57.8 Å². The molecular weight excluding hydrogens is 781 g/mol. The van der Waals surface area contributed by atoms with Gasteiger partial charge in [0.2, 0.25) is 0 Å². The molecule has 0 fully saturated rings. The summed E-state index contributed by atoms with van der Waals surface area (Å²) in [6.45, 7) is 6.31. The number of carbonyl (C=O) groups excluding carboxylic acids is 3. The molecule has 0 N–H and O–H groups in total. The van der Waals surface area contributed by atoms with E-state index in [9.17, 15) is 14.4 Å². The second-order valence-electron chi connectivity index (χ2n) is 16.3. The van der Waals surface area contributed by atoms with Gasteiger partial charge in [-0.3, -0.25) is 14.4 Å². The molecule has 0 rings (SSSR count). The molecule has 0 aromatic rings. The molecule has 0 aliphatic heterocycles. The van der Waals surface area contributed by atoms with Crippen LogP contribution in [-0.4, -0.2) is 37.2 Å². The van der Waals surface area contributed by atoms with Gasteiger partial charge in [-0.15, -0.1) is 0 Å². The number of carbonyl (C=O) groups is 3. The van der Waals surface area contributed by atoms with Crippen molar-refractivity contribution in [2.24, 2.45) is 0 Å². The number of hydrogen-bond acceptors (Lipinski definition) is 6. The molecule has 1 unspecified atom stereocenters. The lowest BCUT2D eigenvalue weighted by molar-refractivity contribution is -0.166. The molecule has 1 atom stereocenters. The SMILES string of the molecule is CC/C=C\C/C=C\C/C=C\C/C=C\C/C=C\CCC(=O)OC(COC(=O)CCCCCCCC/C=C\C/C=C\C/C=C\C/C=C\CC)COC(=O)CCCCCCCCCCCC. The molecule has 63 heavy (non-hydrogen) atoms. The van der Waals surface area contributed by atoms with Crippen LogP contribution in [0, 0.1) is 0 Å². The van der Waals surface area contributed by atoms with Crippen molar-refractivity contribution < 1.29 is 28.6 Å². The molecule has 0 aliphatic rings. The van der Waals surface area contributed by atoms with Crippen molar-refractivity contribution >= 4 is 17.9 Å². The van der Waals surface area contributed by atoms with Crippen molar-refractivity contribution in [1.82, 2.24) is 0 Å². The zero-order valence-electron chi connectivity index (χ0n) is 40.5. The molecule has 6 heteroatoms. The Labute approximate surface area is 387 Å². The van der Waals surface area contributed by atoms with Crippen LogP contribution in [0.5, 0.6) is 0 Å². The molecule has 0 aromatic heterocycles. The lowest BCUT2D eigenvalue weighted by Crippen LogP contribution is -2.30. The van der Waals surface area contributed by atoms with Gasteiger partial charge in [0.15, 0.2) is 6.10 Å². The molecule has 0 spiro atoms. The van der Waals surface area contributed by atoms with Crippen molar-refractivity contribution in [2.45, 2.75) is 219 Å². The number of rotatable bonds is 44. The third kappa shape index (κ3) is 49.0. The Kier molecular flexibility index (Phi) is 47.5. The third-order valence-corrected chi connectivity index (χ3v) is 10.3. The molecule has 0 heterocycles. The Bertz CT molecular complexity index is 1330. The number of hydrogen-bond donors (Lipinski definition) is 0. The van der Waals surface area contributed by atoms with Crippen molar-refractivity contribution in [3.05, 3.63) is 109 Å². The molecular formula is C57H92O6. The lowest BCUT2D eigenvalue weighted by Gasteiger charge is -2.18. The summed E-state index contributed by atoms with van der Waals surface area (Å²) in [5.74, 6) is -1.02. The van der Waals surface area contributed by atoms with Crippen molar-refractivity contribution in [3.63, 3.8) is 0 Å². The Balaban J connectivity index is 4.49. The van der Waals surface area contributed by atoms with Crippen LogP contribution in [0.15, 0.2) is 109 Å². The normalized spacial score (nSPS) is 13.0. The predicted molar refractivity (Wildman–Crippen MR) is 270 cm³/mol. The summed E-state index contributed by atoms with van der Waals surface area (Å²) in [4.78, 5) is 37.9. The molecule has 356 valence electrons. The molecule has 0 aliphatic carbocycles. The summed E-state index contributed by atoms with van der Waals surface area (Å²) >= 11 is 0. The lowest BCUT2D eigenvalue weighted by atomic mass is 10.1. The maximum atomic E-state index is 12.7. The van der Waals surface area contributed by atoms with Gasteiger partial charge in [0.1, 0.15) is 13.2 Å². The third-order valence-electron chi connectivity index (χ3n) is 10.3. The van der Waals surface area contributed by atoms with Crippen LogP contribution >= 0.6 is 0 Å². The fourth-order valence-corrected chi connectivity index (χ4v) is 6.54. The topological polar surface area (TPSA) is 78.9 Å². The highest BCUT2D eigenvalue weighted by Crippen LogP contribution is 2.13. The van der Waals surface area contributed by atoms with Crippen LogP contribution in [0.4, 0.5) is 0 Å². The fraction of sp³-hybridized carbons (Fsp3) is 0.632.